The molecule has 5 nitrogen and oxygen atoms in total. The van der Waals surface area contributed by atoms with Crippen molar-refractivity contribution in [2.24, 2.45) is 0 Å². The van der Waals surface area contributed by atoms with Gasteiger partial charge in [0.25, 0.3) is 5.91 Å². The lowest BCUT2D eigenvalue weighted by Crippen LogP contribution is -2.25. The molecule has 0 bridgehead atoms. The zero-order valence-corrected chi connectivity index (χ0v) is 10.7. The largest absolute Gasteiger partial charge is 0.481 e. The number of carboxylic acid groups (broad SMARTS) is 1. The molecule has 0 aliphatic carbocycles. The van der Waals surface area contributed by atoms with Crippen molar-refractivity contribution in [3.05, 3.63) is 35.5 Å². The van der Waals surface area contributed by atoms with Gasteiger partial charge in [0.2, 0.25) is 0 Å². The lowest BCUT2D eigenvalue weighted by atomic mass is 10.2. The van der Waals surface area contributed by atoms with Crippen LogP contribution < -0.4 is 5.32 Å². The number of aryl methyl sites for hydroxylation is 1. The summed E-state index contributed by atoms with van der Waals surface area (Å²) in [6, 6.07) is 7.72. The Bertz CT molecular complexity index is 616. The standard InChI is InChI=1S/C14H16N2O3/c1-9-4-5-11-10(7-9)8-12(16-11)14(19)15-6-2-3-13(17)18/h4-5,7-8,16H,2-3,6H2,1H3,(H,15,19)(H,17,18). The molecule has 19 heavy (non-hydrogen) atoms. The molecule has 0 fully saturated rings. The Labute approximate surface area is 110 Å². The Kier molecular flexibility index (Phi) is 3.85. The van der Waals surface area contributed by atoms with E-state index in [4.69, 9.17) is 5.11 Å². The van der Waals surface area contributed by atoms with E-state index in [2.05, 4.69) is 10.3 Å². The number of carbonyl (C=O) groups is 2. The van der Waals surface area contributed by atoms with Gasteiger partial charge < -0.3 is 15.4 Å². The second kappa shape index (κ2) is 5.56. The molecular formula is C14H16N2O3. The lowest BCUT2D eigenvalue weighted by Gasteiger charge is -2.01. The Morgan fingerprint density at radius 1 is 1.32 bits per heavy atom. The minimum absolute atomic E-state index is 0.0617. The molecule has 3 N–H and O–H groups in total. The van der Waals surface area contributed by atoms with Crippen molar-refractivity contribution in [1.29, 1.82) is 0 Å². The van der Waals surface area contributed by atoms with Gasteiger partial charge in [-0.15, -0.1) is 0 Å². The highest BCUT2D eigenvalue weighted by molar-refractivity contribution is 5.98. The third kappa shape index (κ3) is 3.34. The minimum atomic E-state index is -0.852. The predicted molar refractivity (Wildman–Crippen MR) is 72.2 cm³/mol. The number of rotatable bonds is 5. The molecule has 2 aromatic rings. The number of fused-ring (bicyclic) bond motifs is 1. The maximum absolute atomic E-state index is 11.9. The summed E-state index contributed by atoms with van der Waals surface area (Å²) in [4.78, 5) is 25.2. The number of carboxylic acids is 1. The quantitative estimate of drug-likeness (QED) is 0.720. The Hall–Kier alpha value is -2.30. The molecule has 0 saturated heterocycles. The van der Waals surface area contributed by atoms with Gasteiger partial charge in [-0.2, -0.15) is 0 Å². The molecule has 1 aromatic heterocycles. The number of carbonyl (C=O) groups excluding carboxylic acids is 1. The third-order valence-electron chi connectivity index (χ3n) is 2.87. The van der Waals surface area contributed by atoms with E-state index in [9.17, 15) is 9.59 Å². The number of aliphatic carboxylic acids is 1. The molecule has 1 heterocycles. The summed E-state index contributed by atoms with van der Waals surface area (Å²) in [5.74, 6) is -1.06. The van der Waals surface area contributed by atoms with E-state index >= 15 is 0 Å². The second-order valence-electron chi connectivity index (χ2n) is 4.53. The first kappa shape index (κ1) is 13.1. The van der Waals surface area contributed by atoms with Crippen LogP contribution in [0.1, 0.15) is 28.9 Å². The van der Waals surface area contributed by atoms with Gasteiger partial charge in [0.05, 0.1) is 0 Å². The van der Waals surface area contributed by atoms with Gasteiger partial charge in [-0.25, -0.2) is 0 Å². The van der Waals surface area contributed by atoms with Crippen molar-refractivity contribution in [3.8, 4) is 0 Å². The highest BCUT2D eigenvalue weighted by Crippen LogP contribution is 2.16. The molecule has 1 aromatic carbocycles. The van der Waals surface area contributed by atoms with Crippen molar-refractivity contribution >= 4 is 22.8 Å². The van der Waals surface area contributed by atoms with Gasteiger partial charge >= 0.3 is 5.97 Å². The summed E-state index contributed by atoms with van der Waals surface area (Å²) < 4.78 is 0. The topological polar surface area (TPSA) is 82.2 Å². The fourth-order valence-electron chi connectivity index (χ4n) is 1.91. The maximum atomic E-state index is 11.9. The Balaban J connectivity index is 1.99. The number of hydrogen-bond donors (Lipinski definition) is 3. The number of amides is 1. The fourth-order valence-corrected chi connectivity index (χ4v) is 1.91. The molecule has 0 radical (unpaired) electrons. The zero-order valence-electron chi connectivity index (χ0n) is 10.7. The first-order valence-corrected chi connectivity index (χ1v) is 6.15. The minimum Gasteiger partial charge on any atom is -0.481 e. The maximum Gasteiger partial charge on any atom is 0.303 e. The number of aromatic nitrogens is 1. The van der Waals surface area contributed by atoms with Crippen molar-refractivity contribution in [1.82, 2.24) is 10.3 Å². The van der Waals surface area contributed by atoms with Gasteiger partial charge in [0, 0.05) is 23.9 Å². The van der Waals surface area contributed by atoms with E-state index in [1.54, 1.807) is 6.07 Å². The highest BCUT2D eigenvalue weighted by Gasteiger charge is 2.09. The molecule has 0 atom stereocenters. The zero-order chi connectivity index (χ0) is 13.8. The molecule has 0 aliphatic rings. The normalized spacial score (nSPS) is 10.6. The van der Waals surface area contributed by atoms with Crippen LogP contribution in [0.2, 0.25) is 0 Å². The Morgan fingerprint density at radius 3 is 2.84 bits per heavy atom. The fraction of sp³-hybridized carbons (Fsp3) is 0.286. The average molecular weight is 260 g/mol. The molecule has 0 spiro atoms. The van der Waals surface area contributed by atoms with Crippen LogP contribution in [0.15, 0.2) is 24.3 Å². The van der Waals surface area contributed by atoms with Crippen LogP contribution in [0.5, 0.6) is 0 Å². The van der Waals surface area contributed by atoms with Crippen molar-refractivity contribution in [2.45, 2.75) is 19.8 Å². The molecular weight excluding hydrogens is 244 g/mol. The van der Waals surface area contributed by atoms with Crippen LogP contribution in [-0.4, -0.2) is 28.5 Å². The van der Waals surface area contributed by atoms with Gasteiger partial charge in [-0.3, -0.25) is 9.59 Å². The first-order chi connectivity index (χ1) is 9.06. The van der Waals surface area contributed by atoms with Gasteiger partial charge in [-0.05, 0) is 31.5 Å². The van der Waals surface area contributed by atoms with Crippen molar-refractivity contribution in [3.63, 3.8) is 0 Å². The monoisotopic (exact) mass is 260 g/mol. The van der Waals surface area contributed by atoms with Crippen molar-refractivity contribution < 1.29 is 14.7 Å². The van der Waals surface area contributed by atoms with E-state index in [-0.39, 0.29) is 12.3 Å². The molecule has 100 valence electrons. The predicted octanol–water partition coefficient (Wildman–Crippen LogP) is 2.07. The molecule has 0 aliphatic heterocycles. The summed E-state index contributed by atoms with van der Waals surface area (Å²) in [6.45, 7) is 2.36. The van der Waals surface area contributed by atoms with Crippen LogP contribution in [0.4, 0.5) is 0 Å². The summed E-state index contributed by atoms with van der Waals surface area (Å²) in [5.41, 5.74) is 2.55. The number of H-pyrrole nitrogens is 1. The summed E-state index contributed by atoms with van der Waals surface area (Å²) >= 11 is 0. The van der Waals surface area contributed by atoms with E-state index in [0.717, 1.165) is 16.5 Å². The van der Waals surface area contributed by atoms with E-state index in [1.165, 1.54) is 0 Å². The lowest BCUT2D eigenvalue weighted by molar-refractivity contribution is -0.137. The van der Waals surface area contributed by atoms with Crippen LogP contribution >= 0.6 is 0 Å². The van der Waals surface area contributed by atoms with Crippen molar-refractivity contribution in [2.75, 3.05) is 6.54 Å². The number of benzene rings is 1. The summed E-state index contributed by atoms with van der Waals surface area (Å²) in [5, 5.41) is 12.2. The SMILES string of the molecule is Cc1ccc2[nH]c(C(=O)NCCCC(=O)O)cc2c1. The summed E-state index contributed by atoms with van der Waals surface area (Å²) in [6.07, 6.45) is 0.493. The third-order valence-corrected chi connectivity index (χ3v) is 2.87. The molecule has 5 heteroatoms. The smallest absolute Gasteiger partial charge is 0.303 e. The first-order valence-electron chi connectivity index (χ1n) is 6.15. The number of aromatic amines is 1. The van der Waals surface area contributed by atoms with Crippen LogP contribution in [-0.2, 0) is 4.79 Å². The number of hydrogen-bond acceptors (Lipinski definition) is 2. The summed E-state index contributed by atoms with van der Waals surface area (Å²) in [7, 11) is 0. The highest BCUT2D eigenvalue weighted by atomic mass is 16.4. The van der Waals surface area contributed by atoms with Crippen LogP contribution in [0.3, 0.4) is 0 Å². The second-order valence-corrected chi connectivity index (χ2v) is 4.53. The van der Waals surface area contributed by atoms with Gasteiger partial charge in [0.15, 0.2) is 0 Å². The van der Waals surface area contributed by atoms with Crippen LogP contribution in [0, 0.1) is 6.92 Å². The van der Waals surface area contributed by atoms with Gasteiger partial charge in [0.1, 0.15) is 5.69 Å². The van der Waals surface area contributed by atoms with E-state index < -0.39 is 5.97 Å². The van der Waals surface area contributed by atoms with Crippen LogP contribution in [0.25, 0.3) is 10.9 Å². The van der Waals surface area contributed by atoms with E-state index in [1.807, 2.05) is 25.1 Å². The van der Waals surface area contributed by atoms with Gasteiger partial charge in [-0.1, -0.05) is 11.6 Å². The average Bonchev–Trinajstić information content (AvgIpc) is 2.77. The van der Waals surface area contributed by atoms with E-state index in [0.29, 0.717) is 18.7 Å². The number of nitrogens with one attached hydrogen (secondary N) is 2. The Morgan fingerprint density at radius 2 is 2.11 bits per heavy atom. The molecule has 0 unspecified atom stereocenters. The molecule has 1 amide bonds. The molecule has 0 saturated carbocycles. The molecule has 2 rings (SSSR count).